The van der Waals surface area contributed by atoms with Crippen LogP contribution < -0.4 is 0 Å². The second kappa shape index (κ2) is 8.10. The van der Waals surface area contributed by atoms with Crippen molar-refractivity contribution >= 4 is 0 Å². The normalized spacial score (nSPS) is 33.0. The largest absolute Gasteiger partial charge is 0.373 e. The van der Waals surface area contributed by atoms with Crippen molar-refractivity contribution < 1.29 is 4.74 Å². The van der Waals surface area contributed by atoms with E-state index in [0.717, 1.165) is 38.2 Å². The molecule has 30 heavy (non-hydrogen) atoms. The van der Waals surface area contributed by atoms with E-state index in [9.17, 15) is 0 Å². The topological polar surface area (TPSA) is 33.5 Å². The van der Waals surface area contributed by atoms with Gasteiger partial charge in [-0.25, -0.2) is 0 Å². The van der Waals surface area contributed by atoms with E-state index >= 15 is 0 Å². The maximum absolute atomic E-state index is 6.38. The number of hydrogen-bond acceptors (Lipinski definition) is 4. The fourth-order valence-electron chi connectivity index (χ4n) is 5.98. The minimum absolute atomic E-state index is 0.279. The van der Waals surface area contributed by atoms with Crippen LogP contribution in [0, 0.1) is 18.3 Å². The molecule has 0 bridgehead atoms. The third-order valence-electron chi connectivity index (χ3n) is 8.00. The van der Waals surface area contributed by atoms with Gasteiger partial charge in [-0.2, -0.15) is 5.10 Å². The van der Waals surface area contributed by atoms with Gasteiger partial charge < -0.3 is 4.74 Å². The molecule has 1 aromatic carbocycles. The van der Waals surface area contributed by atoms with Crippen LogP contribution in [0.15, 0.2) is 36.4 Å². The SMILES string of the molecule is Cc1cc(CN2CCN([C@@H]3C[C@H]4C[C@@H](c5ccccc5)OC[C@@]4(C)C3)CC2)nn1C. The second-order valence-electron chi connectivity index (χ2n) is 10.1. The molecule has 1 aliphatic carbocycles. The highest BCUT2D eigenvalue weighted by Crippen LogP contribution is 2.52. The van der Waals surface area contributed by atoms with Gasteiger partial charge in [-0.15, -0.1) is 0 Å². The monoisotopic (exact) mass is 408 g/mol. The minimum atomic E-state index is 0.279. The molecule has 0 unspecified atom stereocenters. The summed E-state index contributed by atoms with van der Waals surface area (Å²) in [5.41, 5.74) is 4.13. The van der Waals surface area contributed by atoms with Gasteiger partial charge in [-0.1, -0.05) is 37.3 Å². The molecule has 0 radical (unpaired) electrons. The zero-order valence-corrected chi connectivity index (χ0v) is 18.8. The standard InChI is InChI=1S/C25H36N4O/c1-19-13-22(26-27(19)3)17-28-9-11-29(12-10-28)23-14-21-15-24(20-7-5-4-6-8-20)30-18-25(21,2)16-23/h4-8,13,21,23-24H,9-12,14-18H2,1-3H3/t21-,23+,24-,25+/m0/s1. The Labute approximate surface area is 181 Å². The summed E-state index contributed by atoms with van der Waals surface area (Å²) >= 11 is 0. The molecule has 0 N–H and O–H groups in total. The van der Waals surface area contributed by atoms with E-state index in [1.54, 1.807) is 0 Å². The lowest BCUT2D eigenvalue weighted by Crippen LogP contribution is -2.49. The summed E-state index contributed by atoms with van der Waals surface area (Å²) in [5, 5.41) is 4.64. The van der Waals surface area contributed by atoms with Crippen molar-refractivity contribution in [3.8, 4) is 0 Å². The Morgan fingerprint density at radius 2 is 1.87 bits per heavy atom. The molecule has 5 heteroatoms. The summed E-state index contributed by atoms with van der Waals surface area (Å²) < 4.78 is 8.36. The number of benzene rings is 1. The first-order valence-corrected chi connectivity index (χ1v) is 11.6. The summed E-state index contributed by atoms with van der Waals surface area (Å²) in [6, 6.07) is 13.8. The Hall–Kier alpha value is -1.69. The van der Waals surface area contributed by atoms with E-state index in [1.165, 1.54) is 49.3 Å². The van der Waals surface area contributed by atoms with Crippen LogP contribution in [0.4, 0.5) is 0 Å². The Bertz CT molecular complexity index is 838. The summed E-state index contributed by atoms with van der Waals surface area (Å²) in [7, 11) is 2.03. The van der Waals surface area contributed by atoms with Crippen LogP contribution in [0.2, 0.25) is 0 Å². The molecule has 162 valence electrons. The van der Waals surface area contributed by atoms with Gasteiger partial charge in [0.05, 0.1) is 18.4 Å². The van der Waals surface area contributed by atoms with Crippen molar-refractivity contribution in [1.82, 2.24) is 19.6 Å². The highest BCUT2D eigenvalue weighted by atomic mass is 16.5. The molecule has 2 aliphatic heterocycles. The molecule has 0 spiro atoms. The van der Waals surface area contributed by atoms with E-state index < -0.39 is 0 Å². The van der Waals surface area contributed by atoms with E-state index in [2.05, 4.69) is 65.1 Å². The molecule has 1 saturated carbocycles. The van der Waals surface area contributed by atoms with Gasteiger partial charge in [0.2, 0.25) is 0 Å². The zero-order valence-electron chi connectivity index (χ0n) is 18.8. The Morgan fingerprint density at radius 3 is 2.57 bits per heavy atom. The molecule has 3 aliphatic rings. The van der Waals surface area contributed by atoms with Crippen LogP contribution in [0.1, 0.15) is 49.2 Å². The number of fused-ring (bicyclic) bond motifs is 1. The quantitative estimate of drug-likeness (QED) is 0.771. The van der Waals surface area contributed by atoms with Gasteiger partial charge in [0.1, 0.15) is 0 Å². The van der Waals surface area contributed by atoms with Crippen molar-refractivity contribution in [2.45, 2.75) is 51.8 Å². The van der Waals surface area contributed by atoms with Crippen molar-refractivity contribution in [3.05, 3.63) is 53.3 Å². The second-order valence-corrected chi connectivity index (χ2v) is 10.1. The molecular weight excluding hydrogens is 372 g/mol. The zero-order chi connectivity index (χ0) is 20.7. The van der Waals surface area contributed by atoms with E-state index in [-0.39, 0.29) is 6.10 Å². The van der Waals surface area contributed by atoms with Gasteiger partial charge in [-0.05, 0) is 49.1 Å². The smallest absolute Gasteiger partial charge is 0.0828 e. The minimum Gasteiger partial charge on any atom is -0.373 e. The average Bonchev–Trinajstić information content (AvgIpc) is 3.26. The maximum atomic E-state index is 6.38. The lowest BCUT2D eigenvalue weighted by Gasteiger charge is -2.40. The summed E-state index contributed by atoms with van der Waals surface area (Å²) in [5.74, 6) is 0.774. The molecule has 2 aromatic rings. The third kappa shape index (κ3) is 3.95. The van der Waals surface area contributed by atoms with E-state index in [0.29, 0.717) is 5.41 Å². The summed E-state index contributed by atoms with van der Waals surface area (Å²) in [6.45, 7) is 11.1. The van der Waals surface area contributed by atoms with E-state index in [4.69, 9.17) is 4.74 Å². The Balaban J connectivity index is 1.16. The molecule has 5 nitrogen and oxygen atoms in total. The molecule has 2 saturated heterocycles. The highest BCUT2D eigenvalue weighted by molar-refractivity contribution is 5.19. The number of hydrogen-bond donors (Lipinski definition) is 0. The van der Waals surface area contributed by atoms with E-state index in [1.807, 2.05) is 11.7 Å². The van der Waals surface area contributed by atoms with Gasteiger partial charge in [0.25, 0.3) is 0 Å². The summed E-state index contributed by atoms with van der Waals surface area (Å²) in [6.07, 6.45) is 4.08. The van der Waals surface area contributed by atoms with Crippen LogP contribution in [-0.4, -0.2) is 58.4 Å². The van der Waals surface area contributed by atoms with Crippen LogP contribution in [0.5, 0.6) is 0 Å². The molecular formula is C25H36N4O. The first-order valence-electron chi connectivity index (χ1n) is 11.6. The first kappa shape index (κ1) is 20.2. The molecule has 3 fully saturated rings. The number of rotatable bonds is 4. The van der Waals surface area contributed by atoms with Gasteiger partial charge >= 0.3 is 0 Å². The fraction of sp³-hybridized carbons (Fsp3) is 0.640. The first-order chi connectivity index (χ1) is 14.5. The van der Waals surface area contributed by atoms with Crippen molar-refractivity contribution in [2.75, 3.05) is 32.8 Å². The van der Waals surface area contributed by atoms with Crippen molar-refractivity contribution in [1.29, 1.82) is 0 Å². The molecule has 5 rings (SSSR count). The van der Waals surface area contributed by atoms with Gasteiger partial charge in [-0.3, -0.25) is 14.5 Å². The number of aromatic nitrogens is 2. The third-order valence-corrected chi connectivity index (χ3v) is 8.00. The number of aryl methyl sites for hydroxylation is 2. The summed E-state index contributed by atoms with van der Waals surface area (Å²) in [4.78, 5) is 5.33. The fourth-order valence-corrected chi connectivity index (χ4v) is 5.98. The van der Waals surface area contributed by atoms with Gasteiger partial charge in [0.15, 0.2) is 0 Å². The van der Waals surface area contributed by atoms with Crippen molar-refractivity contribution in [2.24, 2.45) is 18.4 Å². The molecule has 1 aromatic heterocycles. The van der Waals surface area contributed by atoms with Crippen LogP contribution >= 0.6 is 0 Å². The predicted molar refractivity (Wildman–Crippen MR) is 119 cm³/mol. The highest BCUT2D eigenvalue weighted by Gasteiger charge is 2.49. The number of nitrogens with zero attached hydrogens (tertiary/aromatic N) is 4. The molecule has 3 heterocycles. The molecule has 4 atom stereocenters. The number of ether oxygens (including phenoxy) is 1. The molecule has 0 amide bonds. The average molecular weight is 409 g/mol. The Morgan fingerprint density at radius 1 is 1.10 bits per heavy atom. The van der Waals surface area contributed by atoms with Crippen LogP contribution in [-0.2, 0) is 18.3 Å². The van der Waals surface area contributed by atoms with Crippen LogP contribution in [0.3, 0.4) is 0 Å². The maximum Gasteiger partial charge on any atom is 0.0828 e. The van der Waals surface area contributed by atoms with Crippen molar-refractivity contribution in [3.63, 3.8) is 0 Å². The van der Waals surface area contributed by atoms with Crippen LogP contribution in [0.25, 0.3) is 0 Å². The lowest BCUT2D eigenvalue weighted by molar-refractivity contribution is -0.0819. The van der Waals surface area contributed by atoms with Gasteiger partial charge in [0, 0.05) is 51.5 Å². The predicted octanol–water partition coefficient (Wildman–Crippen LogP) is 3.79. The lowest BCUT2D eigenvalue weighted by atomic mass is 9.75. The Kier molecular flexibility index (Phi) is 5.46. The number of piperazine rings is 1.